The maximum atomic E-state index is 12.1. The minimum Gasteiger partial charge on any atom is -0.493 e. The monoisotopic (exact) mass is 308 g/mol. The average molecular weight is 308 g/mol. The molecular weight excluding hydrogens is 292 g/mol. The zero-order chi connectivity index (χ0) is 15.3. The van der Waals surface area contributed by atoms with Crippen LogP contribution in [0.25, 0.3) is 0 Å². The van der Waals surface area contributed by atoms with Crippen LogP contribution in [0.4, 0.5) is 5.69 Å². The Kier molecular flexibility index (Phi) is 4.64. The van der Waals surface area contributed by atoms with Crippen LogP contribution in [0.1, 0.15) is 0 Å². The molecule has 0 radical (unpaired) electrons. The lowest BCUT2D eigenvalue weighted by Crippen LogP contribution is -2.17. The van der Waals surface area contributed by atoms with Gasteiger partial charge in [-0.15, -0.1) is 0 Å². The molecule has 1 heterocycles. The van der Waals surface area contributed by atoms with Crippen LogP contribution in [0.5, 0.6) is 11.5 Å². The van der Waals surface area contributed by atoms with Crippen molar-refractivity contribution in [3.8, 4) is 11.5 Å². The van der Waals surface area contributed by atoms with Gasteiger partial charge in [-0.05, 0) is 24.3 Å². The minimum atomic E-state index is -3.58. The number of rotatable bonds is 6. The molecule has 21 heavy (non-hydrogen) atoms. The van der Waals surface area contributed by atoms with E-state index in [0.29, 0.717) is 11.5 Å². The number of nitrogens with two attached hydrogens (primary N) is 1. The average Bonchev–Trinajstić information content (AvgIpc) is 2.48. The van der Waals surface area contributed by atoms with E-state index in [2.05, 4.69) is 4.98 Å². The van der Waals surface area contributed by atoms with Crippen molar-refractivity contribution in [3.05, 3.63) is 42.6 Å². The van der Waals surface area contributed by atoms with Crippen molar-refractivity contribution < 1.29 is 17.9 Å². The molecule has 0 bridgehead atoms. The van der Waals surface area contributed by atoms with Gasteiger partial charge >= 0.3 is 0 Å². The number of nitrogen functional groups attached to an aromatic ring is 1. The molecule has 2 rings (SSSR count). The van der Waals surface area contributed by atoms with E-state index >= 15 is 0 Å². The summed E-state index contributed by atoms with van der Waals surface area (Å²) in [5.74, 6) is 0.822. The summed E-state index contributed by atoms with van der Waals surface area (Å²) in [7, 11) is -2.06. The fourth-order valence-corrected chi connectivity index (χ4v) is 2.90. The normalized spacial score (nSPS) is 11.1. The number of para-hydroxylation sites is 2. The number of methoxy groups -OCH3 is 1. The number of benzene rings is 1. The van der Waals surface area contributed by atoms with Gasteiger partial charge < -0.3 is 15.2 Å². The van der Waals surface area contributed by atoms with E-state index in [-0.39, 0.29) is 23.1 Å². The first-order chi connectivity index (χ1) is 10.0. The third-order valence-corrected chi connectivity index (χ3v) is 4.41. The molecule has 0 fully saturated rings. The maximum Gasteiger partial charge on any atom is 0.201 e. The van der Waals surface area contributed by atoms with Crippen LogP contribution in [-0.2, 0) is 9.84 Å². The summed E-state index contributed by atoms with van der Waals surface area (Å²) in [6, 6.07) is 10.1. The van der Waals surface area contributed by atoms with E-state index in [1.165, 1.54) is 19.4 Å². The number of sulfone groups is 1. The molecule has 0 saturated carbocycles. The summed E-state index contributed by atoms with van der Waals surface area (Å²) in [6.45, 7) is -0.0152. The molecule has 1 aromatic carbocycles. The van der Waals surface area contributed by atoms with Crippen molar-refractivity contribution in [3.63, 3.8) is 0 Å². The Morgan fingerprint density at radius 3 is 2.52 bits per heavy atom. The van der Waals surface area contributed by atoms with Crippen molar-refractivity contribution in [1.82, 2.24) is 4.98 Å². The Morgan fingerprint density at radius 1 is 1.14 bits per heavy atom. The zero-order valence-corrected chi connectivity index (χ0v) is 12.3. The van der Waals surface area contributed by atoms with E-state index in [0.717, 1.165) is 0 Å². The Bertz CT molecular complexity index is 716. The number of ether oxygens (including phenoxy) is 2. The van der Waals surface area contributed by atoms with Gasteiger partial charge in [0.2, 0.25) is 9.84 Å². The van der Waals surface area contributed by atoms with E-state index in [1.807, 2.05) is 0 Å². The first-order valence-electron chi connectivity index (χ1n) is 6.23. The lowest BCUT2D eigenvalue weighted by molar-refractivity contribution is 0.311. The predicted molar refractivity (Wildman–Crippen MR) is 79.2 cm³/mol. The highest BCUT2D eigenvalue weighted by molar-refractivity contribution is 7.91. The number of pyridine rings is 1. The van der Waals surface area contributed by atoms with Gasteiger partial charge in [-0.2, -0.15) is 0 Å². The Balaban J connectivity index is 2.05. The molecule has 0 unspecified atom stereocenters. The second kappa shape index (κ2) is 6.45. The van der Waals surface area contributed by atoms with Crippen molar-refractivity contribution in [1.29, 1.82) is 0 Å². The van der Waals surface area contributed by atoms with Crippen LogP contribution in [0.2, 0.25) is 0 Å². The van der Waals surface area contributed by atoms with Gasteiger partial charge in [-0.25, -0.2) is 13.4 Å². The first kappa shape index (κ1) is 15.1. The number of aromatic nitrogens is 1. The summed E-state index contributed by atoms with van der Waals surface area (Å²) >= 11 is 0. The van der Waals surface area contributed by atoms with Crippen LogP contribution in [-0.4, -0.2) is 32.9 Å². The molecule has 0 atom stereocenters. The molecule has 2 N–H and O–H groups in total. The standard InChI is InChI=1S/C14H16N2O4S/c1-19-12-6-2-3-7-13(12)20-9-10-21(17,18)14-11(15)5-4-8-16-14/h2-8H,9-10,15H2,1H3. The summed E-state index contributed by atoms with van der Waals surface area (Å²) in [4.78, 5) is 3.82. The highest BCUT2D eigenvalue weighted by atomic mass is 32.2. The van der Waals surface area contributed by atoms with Gasteiger partial charge in [-0.3, -0.25) is 0 Å². The molecule has 0 aliphatic heterocycles. The van der Waals surface area contributed by atoms with Gasteiger partial charge in [0, 0.05) is 6.20 Å². The summed E-state index contributed by atoms with van der Waals surface area (Å²) in [6.07, 6.45) is 1.39. The molecule has 0 amide bonds. The summed E-state index contributed by atoms with van der Waals surface area (Å²) in [5, 5.41) is -0.117. The highest BCUT2D eigenvalue weighted by Gasteiger charge is 2.19. The fourth-order valence-electron chi connectivity index (χ4n) is 1.76. The van der Waals surface area contributed by atoms with Crippen LogP contribution >= 0.6 is 0 Å². The number of hydrogen-bond donors (Lipinski definition) is 1. The van der Waals surface area contributed by atoms with E-state index in [1.54, 1.807) is 30.3 Å². The third kappa shape index (κ3) is 3.63. The Hall–Kier alpha value is -2.28. The van der Waals surface area contributed by atoms with Gasteiger partial charge in [0.1, 0.15) is 6.61 Å². The zero-order valence-electron chi connectivity index (χ0n) is 11.5. The molecule has 112 valence electrons. The number of anilines is 1. The maximum absolute atomic E-state index is 12.1. The molecular formula is C14H16N2O4S. The fraction of sp³-hybridized carbons (Fsp3) is 0.214. The van der Waals surface area contributed by atoms with Crippen LogP contribution in [0.15, 0.2) is 47.6 Å². The molecule has 1 aromatic heterocycles. The lowest BCUT2D eigenvalue weighted by atomic mass is 10.3. The largest absolute Gasteiger partial charge is 0.493 e. The van der Waals surface area contributed by atoms with Gasteiger partial charge in [0.25, 0.3) is 0 Å². The topological polar surface area (TPSA) is 91.5 Å². The first-order valence-corrected chi connectivity index (χ1v) is 7.89. The highest BCUT2D eigenvalue weighted by Crippen LogP contribution is 2.26. The SMILES string of the molecule is COc1ccccc1OCCS(=O)(=O)c1ncccc1N. The summed E-state index contributed by atoms with van der Waals surface area (Å²) < 4.78 is 34.9. The van der Waals surface area contributed by atoms with Crippen molar-refractivity contribution in [2.75, 3.05) is 25.2 Å². The van der Waals surface area contributed by atoms with Crippen molar-refractivity contribution >= 4 is 15.5 Å². The number of hydrogen-bond acceptors (Lipinski definition) is 6. The van der Waals surface area contributed by atoms with Crippen LogP contribution in [0.3, 0.4) is 0 Å². The lowest BCUT2D eigenvalue weighted by Gasteiger charge is -2.10. The van der Waals surface area contributed by atoms with E-state index in [9.17, 15) is 8.42 Å². The van der Waals surface area contributed by atoms with E-state index in [4.69, 9.17) is 15.2 Å². The van der Waals surface area contributed by atoms with Gasteiger partial charge in [0.05, 0.1) is 18.6 Å². The second-order valence-electron chi connectivity index (χ2n) is 4.22. The molecule has 0 aliphatic rings. The smallest absolute Gasteiger partial charge is 0.201 e. The molecule has 0 aliphatic carbocycles. The molecule has 6 nitrogen and oxygen atoms in total. The van der Waals surface area contributed by atoms with Gasteiger partial charge in [0.15, 0.2) is 16.5 Å². The molecule has 7 heteroatoms. The molecule has 2 aromatic rings. The number of nitrogens with zero attached hydrogens (tertiary/aromatic N) is 1. The quantitative estimate of drug-likeness (QED) is 0.870. The molecule has 0 saturated heterocycles. The Morgan fingerprint density at radius 2 is 1.86 bits per heavy atom. The van der Waals surface area contributed by atoms with Crippen molar-refractivity contribution in [2.24, 2.45) is 0 Å². The second-order valence-corrected chi connectivity index (χ2v) is 6.24. The summed E-state index contributed by atoms with van der Waals surface area (Å²) in [5.41, 5.74) is 5.77. The van der Waals surface area contributed by atoms with Crippen molar-refractivity contribution in [2.45, 2.75) is 5.03 Å². The minimum absolute atomic E-state index is 0.0152. The van der Waals surface area contributed by atoms with Crippen LogP contribution in [0, 0.1) is 0 Å². The Labute approximate surface area is 123 Å². The van der Waals surface area contributed by atoms with E-state index < -0.39 is 9.84 Å². The third-order valence-electron chi connectivity index (χ3n) is 2.77. The van der Waals surface area contributed by atoms with Gasteiger partial charge in [-0.1, -0.05) is 12.1 Å². The predicted octanol–water partition coefficient (Wildman–Crippen LogP) is 1.53. The van der Waals surface area contributed by atoms with Crippen LogP contribution < -0.4 is 15.2 Å². The molecule has 0 spiro atoms.